The van der Waals surface area contributed by atoms with Crippen LogP contribution in [-0.4, -0.2) is 47.0 Å². The Morgan fingerprint density at radius 2 is 1.71 bits per heavy atom. The highest BCUT2D eigenvalue weighted by Gasteiger charge is 2.48. The summed E-state index contributed by atoms with van der Waals surface area (Å²) >= 11 is 3.36. The van der Waals surface area contributed by atoms with Crippen molar-refractivity contribution in [2.75, 3.05) is 27.9 Å². The van der Waals surface area contributed by atoms with E-state index in [1.807, 2.05) is 6.92 Å². The highest BCUT2D eigenvalue weighted by molar-refractivity contribution is 9.10. The predicted octanol–water partition coefficient (Wildman–Crippen LogP) is 1.97. The summed E-state index contributed by atoms with van der Waals surface area (Å²) in [5, 5.41) is 0. The van der Waals surface area contributed by atoms with Gasteiger partial charge in [-0.1, -0.05) is 22.9 Å². The first-order valence-electron chi connectivity index (χ1n) is 5.39. The molecule has 0 aromatic carbocycles. The average molecular weight is 329 g/mol. The van der Waals surface area contributed by atoms with Crippen LogP contribution in [0.4, 0.5) is 0 Å². The number of carbonyl (C=O) groups excluding carboxylic acids is 1. The van der Waals surface area contributed by atoms with Crippen molar-refractivity contribution >= 4 is 30.7 Å². The number of hydrogen-bond donors (Lipinski definition) is 0. The molecule has 0 aliphatic rings. The topological polar surface area (TPSA) is 54.0 Å². The van der Waals surface area contributed by atoms with Gasteiger partial charge in [0, 0.05) is 27.4 Å². The number of rotatable bonds is 8. The van der Waals surface area contributed by atoms with E-state index in [1.54, 1.807) is 6.92 Å². The molecule has 0 aliphatic heterocycles. The Bertz CT molecular complexity index is 235. The molecule has 102 valence electrons. The van der Waals surface area contributed by atoms with E-state index >= 15 is 0 Å². The third kappa shape index (κ3) is 5.05. The second-order valence-corrected chi connectivity index (χ2v) is 8.50. The van der Waals surface area contributed by atoms with Gasteiger partial charge in [0.2, 0.25) is 0 Å². The minimum atomic E-state index is -2.80. The van der Waals surface area contributed by atoms with Crippen LogP contribution in [0.3, 0.4) is 0 Å². The van der Waals surface area contributed by atoms with Crippen molar-refractivity contribution in [3.05, 3.63) is 0 Å². The molecule has 17 heavy (non-hydrogen) atoms. The Kier molecular flexibility index (Phi) is 7.50. The summed E-state index contributed by atoms with van der Waals surface area (Å²) in [5.74, 6) is -0.331. The van der Waals surface area contributed by atoms with Crippen LogP contribution in [0.5, 0.6) is 0 Å². The Labute approximate surface area is 112 Å². The second kappa shape index (κ2) is 7.47. The zero-order valence-electron chi connectivity index (χ0n) is 11.0. The molecule has 0 aliphatic carbocycles. The van der Waals surface area contributed by atoms with Crippen molar-refractivity contribution in [2.45, 2.75) is 30.6 Å². The predicted molar refractivity (Wildman–Crippen MR) is 70.2 cm³/mol. The SMILES string of the molecule is CCCOC(=O)C(C)(Br)C[Si](OC)(OC)OC. The van der Waals surface area contributed by atoms with Gasteiger partial charge in [0.1, 0.15) is 4.32 Å². The first-order chi connectivity index (χ1) is 7.87. The first kappa shape index (κ1) is 17.0. The number of hydrogen-bond acceptors (Lipinski definition) is 5. The van der Waals surface area contributed by atoms with Gasteiger partial charge in [-0.25, -0.2) is 0 Å². The highest BCUT2D eigenvalue weighted by atomic mass is 79.9. The molecule has 5 nitrogen and oxygen atoms in total. The van der Waals surface area contributed by atoms with Crippen molar-refractivity contribution in [1.82, 2.24) is 0 Å². The van der Waals surface area contributed by atoms with E-state index in [4.69, 9.17) is 18.0 Å². The fourth-order valence-corrected chi connectivity index (χ4v) is 4.33. The number of carbonyl (C=O) groups is 1. The number of alkyl halides is 1. The van der Waals surface area contributed by atoms with Gasteiger partial charge < -0.3 is 18.0 Å². The first-order valence-corrected chi connectivity index (χ1v) is 8.11. The molecule has 0 amide bonds. The average Bonchev–Trinajstić information content (AvgIpc) is 2.33. The van der Waals surface area contributed by atoms with Crippen LogP contribution in [0.2, 0.25) is 6.04 Å². The molecule has 0 spiro atoms. The van der Waals surface area contributed by atoms with Crippen LogP contribution >= 0.6 is 15.9 Å². The summed E-state index contributed by atoms with van der Waals surface area (Å²) in [6, 6.07) is 0.312. The molecule has 0 aromatic rings. The van der Waals surface area contributed by atoms with Gasteiger partial charge in [-0.2, -0.15) is 0 Å². The summed E-state index contributed by atoms with van der Waals surface area (Å²) in [7, 11) is 1.74. The summed E-state index contributed by atoms with van der Waals surface area (Å²) in [6.07, 6.45) is 0.788. The summed E-state index contributed by atoms with van der Waals surface area (Å²) in [5.41, 5.74) is 0. The smallest absolute Gasteiger partial charge is 0.465 e. The van der Waals surface area contributed by atoms with Gasteiger partial charge in [0.25, 0.3) is 0 Å². The summed E-state index contributed by atoms with van der Waals surface area (Å²) in [4.78, 5) is 11.8. The second-order valence-electron chi connectivity index (χ2n) is 3.81. The van der Waals surface area contributed by atoms with Crippen LogP contribution in [0, 0.1) is 0 Å². The third-order valence-corrected chi connectivity index (χ3v) is 6.47. The van der Waals surface area contributed by atoms with Crippen molar-refractivity contribution in [3.63, 3.8) is 0 Å². The van der Waals surface area contributed by atoms with Gasteiger partial charge in [-0.05, 0) is 13.3 Å². The fraction of sp³-hybridized carbons (Fsp3) is 0.900. The van der Waals surface area contributed by atoms with E-state index in [1.165, 1.54) is 21.3 Å². The third-order valence-electron chi connectivity index (χ3n) is 2.34. The molecule has 0 heterocycles. The molecule has 1 atom stereocenters. The molecule has 0 N–H and O–H groups in total. The Morgan fingerprint density at radius 3 is 2.06 bits per heavy atom. The van der Waals surface area contributed by atoms with Gasteiger partial charge in [0.15, 0.2) is 0 Å². The van der Waals surface area contributed by atoms with Crippen molar-refractivity contribution in [1.29, 1.82) is 0 Å². The zero-order valence-corrected chi connectivity index (χ0v) is 13.6. The molecule has 0 radical (unpaired) electrons. The van der Waals surface area contributed by atoms with Gasteiger partial charge in [-0.3, -0.25) is 4.79 Å². The molecule has 0 saturated carbocycles. The van der Waals surface area contributed by atoms with E-state index < -0.39 is 13.1 Å². The maximum atomic E-state index is 11.8. The lowest BCUT2D eigenvalue weighted by Gasteiger charge is -2.30. The van der Waals surface area contributed by atoms with Gasteiger partial charge >= 0.3 is 14.8 Å². The molecular weight excluding hydrogens is 308 g/mol. The number of halogens is 1. The maximum absolute atomic E-state index is 11.8. The lowest BCUT2D eigenvalue weighted by molar-refractivity contribution is -0.145. The fourth-order valence-electron chi connectivity index (χ4n) is 1.29. The van der Waals surface area contributed by atoms with Crippen LogP contribution in [0.1, 0.15) is 20.3 Å². The number of esters is 1. The summed E-state index contributed by atoms with van der Waals surface area (Å²) in [6.45, 7) is 4.07. The lowest BCUT2D eigenvalue weighted by atomic mass is 10.2. The maximum Gasteiger partial charge on any atom is 0.502 e. The standard InChI is InChI=1S/C10H21BrO5Si/c1-6-7-16-9(12)10(2,11)8-17(13-3,14-4)15-5/h6-8H2,1-5H3. The molecule has 0 fully saturated rings. The minimum Gasteiger partial charge on any atom is -0.465 e. The molecule has 0 bridgehead atoms. The van der Waals surface area contributed by atoms with E-state index in [0.29, 0.717) is 12.7 Å². The van der Waals surface area contributed by atoms with E-state index in [2.05, 4.69) is 15.9 Å². The van der Waals surface area contributed by atoms with E-state index in [0.717, 1.165) is 6.42 Å². The van der Waals surface area contributed by atoms with E-state index in [-0.39, 0.29) is 5.97 Å². The monoisotopic (exact) mass is 328 g/mol. The van der Waals surface area contributed by atoms with Crippen LogP contribution < -0.4 is 0 Å². The Hall–Kier alpha value is 0.0469. The Balaban J connectivity index is 4.65. The van der Waals surface area contributed by atoms with Crippen LogP contribution in [0.15, 0.2) is 0 Å². The van der Waals surface area contributed by atoms with E-state index in [9.17, 15) is 4.79 Å². The highest BCUT2D eigenvalue weighted by Crippen LogP contribution is 2.31. The molecule has 7 heteroatoms. The van der Waals surface area contributed by atoms with Gasteiger partial charge in [0.05, 0.1) is 6.61 Å². The molecule has 1 unspecified atom stereocenters. The Morgan fingerprint density at radius 1 is 1.24 bits per heavy atom. The largest absolute Gasteiger partial charge is 0.502 e. The number of ether oxygens (including phenoxy) is 1. The van der Waals surface area contributed by atoms with Crippen molar-refractivity contribution in [2.24, 2.45) is 0 Å². The molecule has 0 rings (SSSR count). The molecular formula is C10H21BrO5Si. The quantitative estimate of drug-likeness (QED) is 0.387. The molecule has 0 aromatic heterocycles. The zero-order chi connectivity index (χ0) is 13.5. The lowest BCUT2D eigenvalue weighted by Crippen LogP contribution is -2.49. The molecule has 0 saturated heterocycles. The minimum absolute atomic E-state index is 0.312. The van der Waals surface area contributed by atoms with Crippen molar-refractivity contribution in [3.8, 4) is 0 Å². The van der Waals surface area contributed by atoms with Crippen molar-refractivity contribution < 1.29 is 22.8 Å². The summed E-state index contributed by atoms with van der Waals surface area (Å²) < 4.78 is 20.1. The van der Waals surface area contributed by atoms with Crippen LogP contribution in [0.25, 0.3) is 0 Å². The van der Waals surface area contributed by atoms with Crippen LogP contribution in [-0.2, 0) is 22.8 Å². The van der Waals surface area contributed by atoms with Gasteiger partial charge in [-0.15, -0.1) is 0 Å². The normalized spacial score (nSPS) is 15.4.